The molecule has 2 amide bonds. The molecule has 0 saturated heterocycles. The van der Waals surface area contributed by atoms with Gasteiger partial charge in [0.1, 0.15) is 5.01 Å². The van der Waals surface area contributed by atoms with Gasteiger partial charge in [0.15, 0.2) is 11.5 Å². The lowest BCUT2D eigenvalue weighted by molar-refractivity contribution is -0.121. The zero-order valence-electron chi connectivity index (χ0n) is 16.2. The third-order valence-electron chi connectivity index (χ3n) is 3.77. The molecule has 29 heavy (non-hydrogen) atoms. The number of nitrogens with one attached hydrogen (secondary N) is 2. The molecule has 9 heteroatoms. The highest BCUT2D eigenvalue weighted by molar-refractivity contribution is 7.14. The lowest BCUT2D eigenvalue weighted by Gasteiger charge is -2.14. The number of rotatable bonds is 7. The number of thiophene rings is 1. The number of hydrogen-bond donors (Lipinski definition) is 2. The van der Waals surface area contributed by atoms with Gasteiger partial charge in [-0.2, -0.15) is 11.3 Å². The van der Waals surface area contributed by atoms with Crippen LogP contribution in [0.4, 0.5) is 0 Å². The molecule has 3 rings (SSSR count). The van der Waals surface area contributed by atoms with Crippen molar-refractivity contribution in [3.63, 3.8) is 0 Å². The standard InChI is InChI=1S/C20H21N3O4S2/c1-12(2)27-16-5-4-13(8-17(16)26-3)19(25)23-22-18(24)9-15-11-29-20(21-15)14-6-7-28-10-14/h4-8,10-12H,9H2,1-3H3,(H,22,24)(H,23,25). The van der Waals surface area contributed by atoms with E-state index in [4.69, 9.17) is 9.47 Å². The van der Waals surface area contributed by atoms with Crippen molar-refractivity contribution in [3.05, 3.63) is 51.7 Å². The number of nitrogens with zero attached hydrogens (tertiary/aromatic N) is 1. The van der Waals surface area contributed by atoms with E-state index in [1.807, 2.05) is 36.1 Å². The van der Waals surface area contributed by atoms with Crippen LogP contribution < -0.4 is 20.3 Å². The Morgan fingerprint density at radius 3 is 2.66 bits per heavy atom. The van der Waals surface area contributed by atoms with E-state index in [1.54, 1.807) is 29.5 Å². The van der Waals surface area contributed by atoms with E-state index in [1.165, 1.54) is 18.4 Å². The van der Waals surface area contributed by atoms with Gasteiger partial charge in [-0.1, -0.05) is 0 Å². The number of ether oxygens (including phenoxy) is 2. The van der Waals surface area contributed by atoms with Crippen molar-refractivity contribution in [2.75, 3.05) is 7.11 Å². The van der Waals surface area contributed by atoms with Crippen molar-refractivity contribution in [2.24, 2.45) is 0 Å². The molecular formula is C20H21N3O4S2. The lowest BCUT2D eigenvalue weighted by Crippen LogP contribution is -2.42. The minimum absolute atomic E-state index is 0.0196. The van der Waals surface area contributed by atoms with Crippen molar-refractivity contribution >= 4 is 34.5 Å². The van der Waals surface area contributed by atoms with Gasteiger partial charge in [-0.25, -0.2) is 4.98 Å². The number of aromatic nitrogens is 1. The largest absolute Gasteiger partial charge is 0.493 e. The minimum Gasteiger partial charge on any atom is -0.493 e. The van der Waals surface area contributed by atoms with E-state index in [0.717, 1.165) is 10.6 Å². The Morgan fingerprint density at radius 2 is 1.97 bits per heavy atom. The molecule has 152 valence electrons. The molecule has 0 atom stereocenters. The number of benzene rings is 1. The molecule has 1 aromatic carbocycles. The van der Waals surface area contributed by atoms with Crippen LogP contribution in [0.15, 0.2) is 40.4 Å². The van der Waals surface area contributed by atoms with Gasteiger partial charge in [-0.15, -0.1) is 11.3 Å². The summed E-state index contributed by atoms with van der Waals surface area (Å²) in [6.07, 6.45) is 0.0552. The molecular weight excluding hydrogens is 410 g/mol. The number of amides is 2. The molecule has 0 aliphatic heterocycles. The molecule has 2 N–H and O–H groups in total. The van der Waals surface area contributed by atoms with Crippen molar-refractivity contribution in [2.45, 2.75) is 26.4 Å². The first-order chi connectivity index (χ1) is 14.0. The van der Waals surface area contributed by atoms with Crippen molar-refractivity contribution in [3.8, 4) is 22.1 Å². The van der Waals surface area contributed by atoms with Crippen LogP contribution in [0.3, 0.4) is 0 Å². The SMILES string of the molecule is COc1cc(C(=O)NNC(=O)Cc2csc(-c3ccsc3)n2)ccc1OC(C)C. The van der Waals surface area contributed by atoms with Gasteiger partial charge in [0, 0.05) is 21.9 Å². The maximum Gasteiger partial charge on any atom is 0.269 e. The van der Waals surface area contributed by atoms with Gasteiger partial charge >= 0.3 is 0 Å². The van der Waals surface area contributed by atoms with E-state index < -0.39 is 5.91 Å². The summed E-state index contributed by atoms with van der Waals surface area (Å²) in [5, 5.41) is 6.70. The van der Waals surface area contributed by atoms with Gasteiger partial charge in [-0.3, -0.25) is 20.4 Å². The first-order valence-electron chi connectivity index (χ1n) is 8.87. The first-order valence-corrected chi connectivity index (χ1v) is 10.7. The number of hydrogen-bond acceptors (Lipinski definition) is 7. The molecule has 0 bridgehead atoms. The summed E-state index contributed by atoms with van der Waals surface area (Å²) in [6, 6.07) is 6.82. The highest BCUT2D eigenvalue weighted by atomic mass is 32.1. The van der Waals surface area contributed by atoms with Gasteiger partial charge in [-0.05, 0) is 43.5 Å². The Morgan fingerprint density at radius 1 is 1.14 bits per heavy atom. The first kappa shape index (κ1) is 20.8. The second-order valence-electron chi connectivity index (χ2n) is 6.37. The summed E-state index contributed by atoms with van der Waals surface area (Å²) in [6.45, 7) is 3.81. The van der Waals surface area contributed by atoms with E-state index in [9.17, 15) is 9.59 Å². The summed E-state index contributed by atoms with van der Waals surface area (Å²) >= 11 is 3.08. The summed E-state index contributed by atoms with van der Waals surface area (Å²) in [7, 11) is 1.50. The normalized spacial score (nSPS) is 10.6. The summed E-state index contributed by atoms with van der Waals surface area (Å²) in [5.41, 5.74) is 6.85. The average Bonchev–Trinajstić information content (AvgIpc) is 3.37. The maximum atomic E-state index is 12.3. The minimum atomic E-state index is -0.454. The van der Waals surface area contributed by atoms with Crippen LogP contribution in [0.2, 0.25) is 0 Å². The fourth-order valence-electron chi connectivity index (χ4n) is 2.47. The number of carbonyl (C=O) groups is 2. The predicted octanol–water partition coefficient (Wildman–Crippen LogP) is 3.67. The Bertz CT molecular complexity index is 984. The van der Waals surface area contributed by atoms with E-state index in [0.29, 0.717) is 22.8 Å². The van der Waals surface area contributed by atoms with E-state index >= 15 is 0 Å². The Hall–Kier alpha value is -2.91. The maximum absolute atomic E-state index is 12.3. The van der Waals surface area contributed by atoms with Crippen LogP contribution in [-0.2, 0) is 11.2 Å². The van der Waals surface area contributed by atoms with Crippen LogP contribution in [-0.4, -0.2) is 30.0 Å². The van der Waals surface area contributed by atoms with Crippen LogP contribution in [0.5, 0.6) is 11.5 Å². The van der Waals surface area contributed by atoms with Gasteiger partial charge in [0.05, 0.1) is 25.3 Å². The highest BCUT2D eigenvalue weighted by Gasteiger charge is 2.14. The molecule has 0 aliphatic carbocycles. The average molecular weight is 432 g/mol. The quantitative estimate of drug-likeness (QED) is 0.557. The molecule has 0 fully saturated rings. The predicted molar refractivity (Wildman–Crippen MR) is 113 cm³/mol. The Kier molecular flexibility index (Phi) is 6.84. The molecule has 0 aliphatic rings. The second kappa shape index (κ2) is 9.53. The Labute approximate surface area is 176 Å². The lowest BCUT2D eigenvalue weighted by atomic mass is 10.2. The highest BCUT2D eigenvalue weighted by Crippen LogP contribution is 2.29. The number of carbonyl (C=O) groups excluding carboxylic acids is 2. The summed E-state index contributed by atoms with van der Waals surface area (Å²) in [4.78, 5) is 28.9. The van der Waals surface area contributed by atoms with Crippen molar-refractivity contribution in [1.82, 2.24) is 15.8 Å². The van der Waals surface area contributed by atoms with Crippen molar-refractivity contribution < 1.29 is 19.1 Å². The number of thiazole rings is 1. The van der Waals surface area contributed by atoms with Crippen molar-refractivity contribution in [1.29, 1.82) is 0 Å². The third-order valence-corrected chi connectivity index (χ3v) is 5.39. The summed E-state index contributed by atoms with van der Waals surface area (Å²) < 4.78 is 10.9. The fourth-order valence-corrected chi connectivity index (χ4v) is 4.01. The molecule has 2 aromatic heterocycles. The fraction of sp³-hybridized carbons (Fsp3) is 0.250. The van der Waals surface area contributed by atoms with Crippen LogP contribution >= 0.6 is 22.7 Å². The van der Waals surface area contributed by atoms with E-state index in [2.05, 4.69) is 15.8 Å². The molecule has 0 unspecified atom stereocenters. The topological polar surface area (TPSA) is 89.6 Å². The molecule has 0 radical (unpaired) electrons. The van der Waals surface area contributed by atoms with Gasteiger partial charge < -0.3 is 9.47 Å². The smallest absolute Gasteiger partial charge is 0.269 e. The molecule has 7 nitrogen and oxygen atoms in total. The second-order valence-corrected chi connectivity index (χ2v) is 8.01. The molecule has 0 saturated carbocycles. The third kappa shape index (κ3) is 5.55. The number of hydrazine groups is 1. The number of methoxy groups -OCH3 is 1. The van der Waals surface area contributed by atoms with Gasteiger partial charge in [0.25, 0.3) is 5.91 Å². The monoisotopic (exact) mass is 431 g/mol. The molecule has 2 heterocycles. The van der Waals surface area contributed by atoms with Crippen LogP contribution in [0, 0.1) is 0 Å². The van der Waals surface area contributed by atoms with Crippen LogP contribution in [0.25, 0.3) is 10.6 Å². The molecule has 0 spiro atoms. The Balaban J connectivity index is 1.55. The van der Waals surface area contributed by atoms with Gasteiger partial charge in [0.2, 0.25) is 5.91 Å². The van der Waals surface area contributed by atoms with E-state index in [-0.39, 0.29) is 18.4 Å². The summed E-state index contributed by atoms with van der Waals surface area (Å²) in [5.74, 6) is 0.186. The molecule has 3 aromatic rings. The zero-order chi connectivity index (χ0) is 20.8. The zero-order valence-corrected chi connectivity index (χ0v) is 17.9. The van der Waals surface area contributed by atoms with Crippen LogP contribution in [0.1, 0.15) is 29.9 Å².